The van der Waals surface area contributed by atoms with Gasteiger partial charge in [0.1, 0.15) is 6.61 Å². The van der Waals surface area contributed by atoms with E-state index in [0.29, 0.717) is 5.56 Å². The van der Waals surface area contributed by atoms with Crippen molar-refractivity contribution in [1.82, 2.24) is 0 Å². The number of aliphatic hydroxyl groups excluding tert-OH is 1. The highest BCUT2D eigenvalue weighted by molar-refractivity contribution is 5.88. The highest BCUT2D eigenvalue weighted by Crippen LogP contribution is 2.09. The zero-order valence-corrected chi connectivity index (χ0v) is 7.74. The summed E-state index contributed by atoms with van der Waals surface area (Å²) in [6, 6.07) is 4.73. The molecule has 1 aromatic carbocycles. The molecule has 1 rings (SSSR count). The molecule has 72 valence electrons. The lowest BCUT2D eigenvalue weighted by Gasteiger charge is -1.99. The number of aliphatic hydroxyl groups is 1. The molecule has 0 atom stereocenters. The molecule has 0 unspecified atom stereocenters. The quantitative estimate of drug-likeness (QED) is 0.650. The summed E-state index contributed by atoms with van der Waals surface area (Å²) in [6.07, 6.45) is 0. The Morgan fingerprint density at radius 2 is 2.21 bits per heavy atom. The highest BCUT2D eigenvalue weighted by atomic mass is 16.4. The number of carbonyl (C=O) groups is 1. The van der Waals surface area contributed by atoms with E-state index >= 15 is 0 Å². The minimum absolute atomic E-state index is 0.206. The molecule has 0 heterocycles. The first kappa shape index (κ1) is 10.3. The number of hydrogen-bond acceptors (Lipinski definition) is 2. The van der Waals surface area contributed by atoms with Crippen LogP contribution in [0, 0.1) is 18.8 Å². The van der Waals surface area contributed by atoms with E-state index in [9.17, 15) is 4.79 Å². The maximum absolute atomic E-state index is 10.6. The van der Waals surface area contributed by atoms with Crippen molar-refractivity contribution in [1.29, 1.82) is 0 Å². The second-order valence-corrected chi connectivity index (χ2v) is 2.79. The average molecular weight is 190 g/mol. The van der Waals surface area contributed by atoms with Crippen LogP contribution in [0.5, 0.6) is 0 Å². The standard InChI is InChI=1S/C11H10O3/c1-8-4-5-10(11(13)14)7-9(8)3-2-6-12/h4-5,7,12H,6H2,1H3,(H,13,14). The van der Waals surface area contributed by atoms with Gasteiger partial charge in [-0.25, -0.2) is 4.79 Å². The molecule has 0 amide bonds. The van der Waals surface area contributed by atoms with Gasteiger partial charge in [-0.3, -0.25) is 0 Å². The van der Waals surface area contributed by atoms with Crippen LogP contribution in [0.4, 0.5) is 0 Å². The molecule has 2 N–H and O–H groups in total. The van der Waals surface area contributed by atoms with Crippen molar-refractivity contribution in [2.75, 3.05) is 6.61 Å². The van der Waals surface area contributed by atoms with Gasteiger partial charge in [0.2, 0.25) is 0 Å². The highest BCUT2D eigenvalue weighted by Gasteiger charge is 2.03. The maximum Gasteiger partial charge on any atom is 0.335 e. The van der Waals surface area contributed by atoms with E-state index in [0.717, 1.165) is 5.56 Å². The molecule has 0 radical (unpaired) electrons. The summed E-state index contributed by atoms with van der Waals surface area (Å²) in [7, 11) is 0. The van der Waals surface area contributed by atoms with Gasteiger partial charge in [0.05, 0.1) is 5.56 Å². The van der Waals surface area contributed by atoms with E-state index in [1.807, 2.05) is 6.92 Å². The van der Waals surface area contributed by atoms with Crippen molar-refractivity contribution >= 4 is 5.97 Å². The van der Waals surface area contributed by atoms with Crippen LogP contribution in [-0.4, -0.2) is 22.8 Å². The van der Waals surface area contributed by atoms with Gasteiger partial charge in [-0.05, 0) is 24.6 Å². The molecule has 0 spiro atoms. The number of aromatic carboxylic acids is 1. The molecular formula is C11H10O3. The Labute approximate surface area is 82.0 Å². The summed E-state index contributed by atoms with van der Waals surface area (Å²) >= 11 is 0. The van der Waals surface area contributed by atoms with Crippen molar-refractivity contribution in [3.8, 4) is 11.8 Å². The number of aryl methyl sites for hydroxylation is 1. The van der Waals surface area contributed by atoms with Crippen molar-refractivity contribution in [3.63, 3.8) is 0 Å². The fourth-order valence-electron chi connectivity index (χ4n) is 1.02. The fourth-order valence-corrected chi connectivity index (χ4v) is 1.02. The average Bonchev–Trinajstić information content (AvgIpc) is 2.16. The second-order valence-electron chi connectivity index (χ2n) is 2.79. The zero-order chi connectivity index (χ0) is 10.6. The smallest absolute Gasteiger partial charge is 0.335 e. The molecule has 1 aromatic rings. The third kappa shape index (κ3) is 2.35. The summed E-state index contributed by atoms with van der Waals surface area (Å²) < 4.78 is 0. The largest absolute Gasteiger partial charge is 0.478 e. The first-order chi connectivity index (χ1) is 6.65. The van der Waals surface area contributed by atoms with Crippen molar-refractivity contribution in [2.45, 2.75) is 6.92 Å². The van der Waals surface area contributed by atoms with Crippen LogP contribution in [0.3, 0.4) is 0 Å². The van der Waals surface area contributed by atoms with E-state index in [-0.39, 0.29) is 12.2 Å². The predicted molar refractivity (Wildman–Crippen MR) is 52.1 cm³/mol. The first-order valence-corrected chi connectivity index (χ1v) is 4.09. The van der Waals surface area contributed by atoms with Crippen molar-refractivity contribution in [2.24, 2.45) is 0 Å². The molecule has 0 saturated carbocycles. The Morgan fingerprint density at radius 3 is 2.79 bits per heavy atom. The summed E-state index contributed by atoms with van der Waals surface area (Å²) in [5.41, 5.74) is 1.74. The first-order valence-electron chi connectivity index (χ1n) is 4.09. The number of carboxylic acid groups (broad SMARTS) is 1. The fraction of sp³-hybridized carbons (Fsp3) is 0.182. The maximum atomic E-state index is 10.6. The Kier molecular flexibility index (Phi) is 3.27. The third-order valence-corrected chi connectivity index (χ3v) is 1.79. The Hall–Kier alpha value is -1.79. The van der Waals surface area contributed by atoms with E-state index in [4.69, 9.17) is 10.2 Å². The second kappa shape index (κ2) is 4.45. The summed E-state index contributed by atoms with van der Waals surface area (Å²) in [4.78, 5) is 10.6. The third-order valence-electron chi connectivity index (χ3n) is 1.79. The minimum atomic E-state index is -0.975. The molecule has 0 fully saturated rings. The van der Waals surface area contributed by atoms with Crippen molar-refractivity contribution < 1.29 is 15.0 Å². The molecule has 14 heavy (non-hydrogen) atoms. The van der Waals surface area contributed by atoms with Crippen LogP contribution in [0.25, 0.3) is 0 Å². The minimum Gasteiger partial charge on any atom is -0.478 e. The van der Waals surface area contributed by atoms with Crippen LogP contribution in [0.15, 0.2) is 18.2 Å². The lowest BCUT2D eigenvalue weighted by Crippen LogP contribution is -1.97. The molecular weight excluding hydrogens is 180 g/mol. The van der Waals surface area contributed by atoms with Crippen LogP contribution in [0.2, 0.25) is 0 Å². The summed E-state index contributed by atoms with van der Waals surface area (Å²) in [6.45, 7) is 1.61. The Balaban J connectivity index is 3.14. The lowest BCUT2D eigenvalue weighted by molar-refractivity contribution is 0.0697. The van der Waals surface area contributed by atoms with Crippen molar-refractivity contribution in [3.05, 3.63) is 34.9 Å². The SMILES string of the molecule is Cc1ccc(C(=O)O)cc1C#CCO. The number of rotatable bonds is 1. The molecule has 0 aliphatic carbocycles. The van der Waals surface area contributed by atoms with Gasteiger partial charge in [-0.15, -0.1) is 0 Å². The Morgan fingerprint density at radius 1 is 1.50 bits per heavy atom. The van der Waals surface area contributed by atoms with E-state index in [2.05, 4.69) is 11.8 Å². The van der Waals surface area contributed by atoms with Crippen LogP contribution >= 0.6 is 0 Å². The van der Waals surface area contributed by atoms with Gasteiger partial charge in [-0.1, -0.05) is 17.9 Å². The lowest BCUT2D eigenvalue weighted by atomic mass is 10.1. The van der Waals surface area contributed by atoms with Crippen LogP contribution < -0.4 is 0 Å². The normalized spacial score (nSPS) is 9.00. The molecule has 3 heteroatoms. The van der Waals surface area contributed by atoms with Crippen LogP contribution in [0.1, 0.15) is 21.5 Å². The van der Waals surface area contributed by atoms with Gasteiger partial charge in [-0.2, -0.15) is 0 Å². The molecule has 0 aliphatic rings. The van der Waals surface area contributed by atoms with Gasteiger partial charge >= 0.3 is 5.97 Å². The number of benzene rings is 1. The number of hydrogen-bond donors (Lipinski definition) is 2. The number of carboxylic acids is 1. The monoisotopic (exact) mass is 190 g/mol. The molecule has 3 nitrogen and oxygen atoms in total. The molecule has 0 aliphatic heterocycles. The molecule has 0 saturated heterocycles. The van der Waals surface area contributed by atoms with E-state index in [1.54, 1.807) is 6.07 Å². The predicted octanol–water partition coefficient (Wildman–Crippen LogP) is 1.04. The van der Waals surface area contributed by atoms with Gasteiger partial charge < -0.3 is 10.2 Å². The summed E-state index contributed by atoms with van der Waals surface area (Å²) in [5.74, 6) is 4.20. The summed E-state index contributed by atoms with van der Waals surface area (Å²) in [5, 5.41) is 17.2. The molecule has 0 bridgehead atoms. The van der Waals surface area contributed by atoms with Gasteiger partial charge in [0.25, 0.3) is 0 Å². The topological polar surface area (TPSA) is 57.5 Å². The van der Waals surface area contributed by atoms with Gasteiger partial charge in [0, 0.05) is 5.56 Å². The molecule has 0 aromatic heterocycles. The Bertz CT molecular complexity index is 410. The van der Waals surface area contributed by atoms with E-state index < -0.39 is 5.97 Å². The zero-order valence-electron chi connectivity index (χ0n) is 7.74. The van der Waals surface area contributed by atoms with Crippen LogP contribution in [-0.2, 0) is 0 Å². The van der Waals surface area contributed by atoms with Gasteiger partial charge in [0.15, 0.2) is 0 Å². The van der Waals surface area contributed by atoms with E-state index in [1.165, 1.54) is 12.1 Å².